The lowest BCUT2D eigenvalue weighted by molar-refractivity contribution is -0.141. The standard InChI is InChI=1S/C16H19NO4/c1-2-3-9-13(16(20)21)17-15(19)11-10-14(18)12-7-5-4-6-8-12/h2-8,13H,9-11H2,1H3,(H,17,19)(H,20,21)/b3-2+. The Morgan fingerprint density at radius 2 is 1.86 bits per heavy atom. The van der Waals surface area contributed by atoms with Crippen molar-refractivity contribution < 1.29 is 19.5 Å². The Morgan fingerprint density at radius 1 is 1.19 bits per heavy atom. The summed E-state index contributed by atoms with van der Waals surface area (Å²) in [6, 6.07) is 7.73. The number of hydrogen-bond acceptors (Lipinski definition) is 3. The molecule has 0 fully saturated rings. The van der Waals surface area contributed by atoms with E-state index >= 15 is 0 Å². The fourth-order valence-corrected chi connectivity index (χ4v) is 1.76. The van der Waals surface area contributed by atoms with E-state index in [0.717, 1.165) is 0 Å². The summed E-state index contributed by atoms with van der Waals surface area (Å²) in [6.45, 7) is 1.78. The van der Waals surface area contributed by atoms with E-state index in [9.17, 15) is 14.4 Å². The number of carboxylic acid groups (broad SMARTS) is 1. The average Bonchev–Trinajstić information content (AvgIpc) is 2.49. The summed E-state index contributed by atoms with van der Waals surface area (Å²) in [5.74, 6) is -1.65. The van der Waals surface area contributed by atoms with Crippen molar-refractivity contribution in [3.8, 4) is 0 Å². The van der Waals surface area contributed by atoms with Crippen LogP contribution in [0.1, 0.15) is 36.5 Å². The number of ketones is 1. The van der Waals surface area contributed by atoms with Crippen LogP contribution in [0, 0.1) is 0 Å². The molecule has 112 valence electrons. The number of carboxylic acids is 1. The molecule has 0 saturated heterocycles. The van der Waals surface area contributed by atoms with Crippen LogP contribution >= 0.6 is 0 Å². The van der Waals surface area contributed by atoms with Gasteiger partial charge in [-0.2, -0.15) is 0 Å². The third kappa shape index (κ3) is 6.03. The van der Waals surface area contributed by atoms with Gasteiger partial charge in [0.25, 0.3) is 0 Å². The van der Waals surface area contributed by atoms with Crippen molar-refractivity contribution in [2.45, 2.75) is 32.2 Å². The second-order valence-electron chi connectivity index (χ2n) is 4.55. The van der Waals surface area contributed by atoms with Gasteiger partial charge in [-0.3, -0.25) is 9.59 Å². The molecule has 0 radical (unpaired) electrons. The highest BCUT2D eigenvalue weighted by Gasteiger charge is 2.18. The van der Waals surface area contributed by atoms with Crippen molar-refractivity contribution in [3.63, 3.8) is 0 Å². The summed E-state index contributed by atoms with van der Waals surface area (Å²) in [5, 5.41) is 11.4. The molecule has 1 atom stereocenters. The highest BCUT2D eigenvalue weighted by Crippen LogP contribution is 2.05. The summed E-state index contributed by atoms with van der Waals surface area (Å²) in [5.41, 5.74) is 0.550. The van der Waals surface area contributed by atoms with E-state index < -0.39 is 17.9 Å². The molecule has 0 saturated carbocycles. The number of benzene rings is 1. The molecule has 0 heterocycles. The molecule has 0 aliphatic carbocycles. The molecule has 1 aromatic carbocycles. The van der Waals surface area contributed by atoms with E-state index in [0.29, 0.717) is 5.56 Å². The summed E-state index contributed by atoms with van der Waals surface area (Å²) in [4.78, 5) is 34.5. The number of allylic oxidation sites excluding steroid dienone is 1. The first kappa shape index (κ1) is 16.6. The zero-order valence-electron chi connectivity index (χ0n) is 11.9. The minimum absolute atomic E-state index is 0.0205. The third-order valence-corrected chi connectivity index (χ3v) is 2.92. The van der Waals surface area contributed by atoms with E-state index in [4.69, 9.17) is 5.11 Å². The van der Waals surface area contributed by atoms with Crippen molar-refractivity contribution in [2.24, 2.45) is 0 Å². The maximum atomic E-state index is 11.8. The Bertz CT molecular complexity index is 522. The van der Waals surface area contributed by atoms with Gasteiger partial charge in [-0.15, -0.1) is 0 Å². The molecule has 1 rings (SSSR count). The number of carbonyl (C=O) groups excluding carboxylic acids is 2. The minimum Gasteiger partial charge on any atom is -0.480 e. The van der Waals surface area contributed by atoms with E-state index in [2.05, 4.69) is 5.32 Å². The molecular weight excluding hydrogens is 270 g/mol. The van der Waals surface area contributed by atoms with Crippen molar-refractivity contribution in [2.75, 3.05) is 0 Å². The maximum absolute atomic E-state index is 11.8. The van der Waals surface area contributed by atoms with Crippen LogP contribution in [-0.2, 0) is 9.59 Å². The van der Waals surface area contributed by atoms with Gasteiger partial charge in [0, 0.05) is 18.4 Å². The predicted molar refractivity (Wildman–Crippen MR) is 79.0 cm³/mol. The van der Waals surface area contributed by atoms with Gasteiger partial charge in [-0.1, -0.05) is 42.5 Å². The Morgan fingerprint density at radius 3 is 2.43 bits per heavy atom. The minimum atomic E-state index is -1.09. The molecule has 0 bridgehead atoms. The number of aliphatic carboxylic acids is 1. The summed E-state index contributed by atoms with van der Waals surface area (Å²) in [7, 11) is 0. The van der Waals surface area contributed by atoms with Gasteiger partial charge in [0.1, 0.15) is 6.04 Å². The molecule has 2 N–H and O–H groups in total. The van der Waals surface area contributed by atoms with Crippen LogP contribution in [0.2, 0.25) is 0 Å². The fraction of sp³-hybridized carbons (Fsp3) is 0.312. The molecule has 5 heteroatoms. The van der Waals surface area contributed by atoms with E-state index in [-0.39, 0.29) is 25.0 Å². The van der Waals surface area contributed by atoms with Crippen LogP contribution in [0.15, 0.2) is 42.5 Å². The molecule has 0 aliphatic heterocycles. The van der Waals surface area contributed by atoms with Crippen molar-refractivity contribution >= 4 is 17.7 Å². The van der Waals surface area contributed by atoms with Gasteiger partial charge in [-0.05, 0) is 13.3 Å². The topological polar surface area (TPSA) is 83.5 Å². The second kappa shape index (κ2) is 8.68. The number of hydrogen-bond donors (Lipinski definition) is 2. The van der Waals surface area contributed by atoms with Crippen LogP contribution in [0.5, 0.6) is 0 Å². The molecule has 0 aromatic heterocycles. The van der Waals surface area contributed by atoms with Crippen LogP contribution in [-0.4, -0.2) is 28.8 Å². The predicted octanol–water partition coefficient (Wildman–Crippen LogP) is 2.19. The van der Waals surface area contributed by atoms with Crippen molar-refractivity contribution in [1.29, 1.82) is 0 Å². The number of amides is 1. The van der Waals surface area contributed by atoms with Gasteiger partial charge in [0.15, 0.2) is 5.78 Å². The third-order valence-electron chi connectivity index (χ3n) is 2.92. The molecule has 0 spiro atoms. The Kier molecular flexibility index (Phi) is 6.87. The normalized spacial score (nSPS) is 12.0. The first-order valence-corrected chi connectivity index (χ1v) is 6.76. The molecule has 0 aliphatic rings. The van der Waals surface area contributed by atoms with Gasteiger partial charge >= 0.3 is 5.97 Å². The number of carbonyl (C=O) groups is 3. The number of rotatable bonds is 8. The van der Waals surface area contributed by atoms with Gasteiger partial charge in [-0.25, -0.2) is 4.79 Å². The summed E-state index contributed by atoms with van der Waals surface area (Å²) in [6.07, 6.45) is 3.67. The quantitative estimate of drug-likeness (QED) is 0.567. The molecule has 1 aromatic rings. The number of Topliss-reactive ketones (excluding diaryl/α,β-unsaturated/α-hetero) is 1. The molecule has 1 amide bonds. The first-order valence-electron chi connectivity index (χ1n) is 6.76. The first-order chi connectivity index (χ1) is 10.0. The van der Waals surface area contributed by atoms with E-state index in [1.807, 2.05) is 6.07 Å². The fourth-order valence-electron chi connectivity index (χ4n) is 1.76. The molecule has 5 nitrogen and oxygen atoms in total. The zero-order chi connectivity index (χ0) is 15.7. The highest BCUT2D eigenvalue weighted by atomic mass is 16.4. The van der Waals surface area contributed by atoms with Gasteiger partial charge in [0.05, 0.1) is 0 Å². The zero-order valence-corrected chi connectivity index (χ0v) is 11.9. The summed E-state index contributed by atoms with van der Waals surface area (Å²) < 4.78 is 0. The summed E-state index contributed by atoms with van der Waals surface area (Å²) >= 11 is 0. The average molecular weight is 289 g/mol. The van der Waals surface area contributed by atoms with Crippen LogP contribution in [0.25, 0.3) is 0 Å². The van der Waals surface area contributed by atoms with Gasteiger partial charge < -0.3 is 10.4 Å². The molecule has 1 unspecified atom stereocenters. The Hall–Kier alpha value is -2.43. The van der Waals surface area contributed by atoms with E-state index in [1.54, 1.807) is 43.3 Å². The monoisotopic (exact) mass is 289 g/mol. The SMILES string of the molecule is C/C=C/CC(NC(=O)CCC(=O)c1ccccc1)C(=O)O. The maximum Gasteiger partial charge on any atom is 0.326 e. The lowest BCUT2D eigenvalue weighted by Crippen LogP contribution is -2.40. The smallest absolute Gasteiger partial charge is 0.326 e. The molecular formula is C16H19NO4. The van der Waals surface area contributed by atoms with Crippen LogP contribution in [0.3, 0.4) is 0 Å². The van der Waals surface area contributed by atoms with Crippen molar-refractivity contribution in [3.05, 3.63) is 48.0 Å². The Balaban J connectivity index is 2.46. The van der Waals surface area contributed by atoms with Crippen LogP contribution in [0.4, 0.5) is 0 Å². The Labute approximate surface area is 123 Å². The highest BCUT2D eigenvalue weighted by molar-refractivity contribution is 5.98. The second-order valence-corrected chi connectivity index (χ2v) is 4.55. The number of nitrogens with one attached hydrogen (secondary N) is 1. The molecule has 21 heavy (non-hydrogen) atoms. The largest absolute Gasteiger partial charge is 0.480 e. The van der Waals surface area contributed by atoms with Crippen LogP contribution < -0.4 is 5.32 Å². The lowest BCUT2D eigenvalue weighted by Gasteiger charge is -2.12. The van der Waals surface area contributed by atoms with Crippen molar-refractivity contribution in [1.82, 2.24) is 5.32 Å². The lowest BCUT2D eigenvalue weighted by atomic mass is 10.1. The van der Waals surface area contributed by atoms with E-state index in [1.165, 1.54) is 0 Å². The van der Waals surface area contributed by atoms with Gasteiger partial charge in [0.2, 0.25) is 5.91 Å².